The number of para-hydroxylation sites is 1. The Kier molecular flexibility index (Phi) is 8.17. The van der Waals surface area contributed by atoms with Gasteiger partial charge in [-0.15, -0.1) is 0 Å². The van der Waals surface area contributed by atoms with E-state index in [0.29, 0.717) is 18.7 Å². The summed E-state index contributed by atoms with van der Waals surface area (Å²) in [6.45, 7) is 1.87. The number of hydrogen-bond acceptors (Lipinski definition) is 6. The van der Waals surface area contributed by atoms with Gasteiger partial charge >= 0.3 is 5.97 Å². The van der Waals surface area contributed by atoms with E-state index in [4.69, 9.17) is 9.47 Å². The Hall–Kier alpha value is -2.91. The summed E-state index contributed by atoms with van der Waals surface area (Å²) in [5.74, 6) is -0.637. The van der Waals surface area contributed by atoms with Crippen LogP contribution in [0.1, 0.15) is 29.3 Å². The Morgan fingerprint density at radius 3 is 2.55 bits per heavy atom. The fraction of sp³-hybridized carbons (Fsp3) is 0.300. The van der Waals surface area contributed by atoms with Crippen LogP contribution in [0.4, 0.5) is 0 Å². The van der Waals surface area contributed by atoms with Crippen LogP contribution in [-0.2, 0) is 26.1 Å². The Morgan fingerprint density at radius 1 is 1.07 bits per heavy atom. The summed E-state index contributed by atoms with van der Waals surface area (Å²) < 4.78 is 37.0. The van der Waals surface area contributed by atoms with Gasteiger partial charge < -0.3 is 14.8 Å². The molecule has 9 heteroatoms. The number of esters is 1. The van der Waals surface area contributed by atoms with Crippen LogP contribution in [0, 0.1) is 0 Å². The second-order valence-corrected chi connectivity index (χ2v) is 7.86. The van der Waals surface area contributed by atoms with E-state index >= 15 is 0 Å². The number of ether oxygens (including phenoxy) is 2. The zero-order valence-corrected chi connectivity index (χ0v) is 17.1. The lowest BCUT2D eigenvalue weighted by molar-refractivity contribution is -0.124. The van der Waals surface area contributed by atoms with Crippen molar-refractivity contribution in [1.82, 2.24) is 10.0 Å². The molecule has 0 saturated carbocycles. The highest BCUT2D eigenvalue weighted by Crippen LogP contribution is 2.16. The molecule has 0 fully saturated rings. The molecule has 0 aliphatic rings. The van der Waals surface area contributed by atoms with Gasteiger partial charge in [0.1, 0.15) is 5.75 Å². The number of amides is 1. The fourth-order valence-electron chi connectivity index (χ4n) is 2.42. The van der Waals surface area contributed by atoms with Crippen molar-refractivity contribution in [2.75, 3.05) is 20.3 Å². The van der Waals surface area contributed by atoms with Crippen molar-refractivity contribution >= 4 is 21.9 Å². The van der Waals surface area contributed by atoms with Crippen LogP contribution in [0.2, 0.25) is 0 Å². The van der Waals surface area contributed by atoms with Gasteiger partial charge in [-0.1, -0.05) is 31.2 Å². The van der Waals surface area contributed by atoms with Crippen LogP contribution in [0.25, 0.3) is 0 Å². The average molecular weight is 420 g/mol. The molecule has 0 atom stereocenters. The number of benzene rings is 2. The minimum Gasteiger partial charge on any atom is -0.496 e. The summed E-state index contributed by atoms with van der Waals surface area (Å²) in [5.41, 5.74) is 0.828. The number of rotatable bonds is 10. The Balaban J connectivity index is 1.92. The normalized spacial score (nSPS) is 11.0. The van der Waals surface area contributed by atoms with Crippen LogP contribution in [-0.4, -0.2) is 40.6 Å². The van der Waals surface area contributed by atoms with Crippen molar-refractivity contribution in [3.63, 3.8) is 0 Å². The standard InChI is InChI=1S/C20H24N2O6S/c1-3-11-22-29(25,26)17-9-6-8-15(12-17)20(24)28-14-19(23)21-13-16-7-4-5-10-18(16)27-2/h4-10,12,22H,3,11,13-14H2,1-2H3,(H,21,23). The van der Waals surface area contributed by atoms with Crippen molar-refractivity contribution in [3.05, 3.63) is 59.7 Å². The number of methoxy groups -OCH3 is 1. The minimum atomic E-state index is -3.70. The third-order valence-electron chi connectivity index (χ3n) is 3.93. The second kappa shape index (κ2) is 10.6. The molecule has 0 bridgehead atoms. The van der Waals surface area contributed by atoms with Gasteiger partial charge in [0.05, 0.1) is 17.6 Å². The minimum absolute atomic E-state index is 0.0407. The molecular formula is C20H24N2O6S. The van der Waals surface area contributed by atoms with E-state index in [9.17, 15) is 18.0 Å². The molecule has 2 aromatic carbocycles. The lowest BCUT2D eigenvalue weighted by Crippen LogP contribution is -2.28. The van der Waals surface area contributed by atoms with Crippen molar-refractivity contribution in [2.24, 2.45) is 0 Å². The monoisotopic (exact) mass is 420 g/mol. The van der Waals surface area contributed by atoms with Gasteiger partial charge in [0.15, 0.2) is 6.61 Å². The zero-order valence-electron chi connectivity index (χ0n) is 16.3. The number of sulfonamides is 1. The third-order valence-corrected chi connectivity index (χ3v) is 5.38. The summed E-state index contributed by atoms with van der Waals surface area (Å²) in [6.07, 6.45) is 0.644. The number of nitrogens with one attached hydrogen (secondary N) is 2. The lowest BCUT2D eigenvalue weighted by Gasteiger charge is -2.10. The molecule has 0 aliphatic carbocycles. The van der Waals surface area contributed by atoms with Gasteiger partial charge in [-0.3, -0.25) is 4.79 Å². The summed E-state index contributed by atoms with van der Waals surface area (Å²) in [6, 6.07) is 12.7. The predicted molar refractivity (Wildman–Crippen MR) is 107 cm³/mol. The molecule has 0 radical (unpaired) electrons. The van der Waals surface area contributed by atoms with E-state index in [1.54, 1.807) is 6.07 Å². The van der Waals surface area contributed by atoms with E-state index in [0.717, 1.165) is 5.56 Å². The summed E-state index contributed by atoms with van der Waals surface area (Å²) in [5, 5.41) is 2.64. The highest BCUT2D eigenvalue weighted by molar-refractivity contribution is 7.89. The summed E-state index contributed by atoms with van der Waals surface area (Å²) >= 11 is 0. The van der Waals surface area contributed by atoms with E-state index in [1.807, 2.05) is 25.1 Å². The van der Waals surface area contributed by atoms with Gasteiger partial charge in [0, 0.05) is 18.7 Å². The molecule has 0 aliphatic heterocycles. The molecule has 2 aromatic rings. The van der Waals surface area contributed by atoms with Crippen LogP contribution in [0.5, 0.6) is 5.75 Å². The molecule has 2 rings (SSSR count). The Bertz CT molecular complexity index is 959. The van der Waals surface area contributed by atoms with Crippen LogP contribution >= 0.6 is 0 Å². The first-order valence-electron chi connectivity index (χ1n) is 9.03. The summed E-state index contributed by atoms with van der Waals surface area (Å²) in [7, 11) is -2.17. The molecule has 8 nitrogen and oxygen atoms in total. The molecule has 2 N–H and O–H groups in total. The van der Waals surface area contributed by atoms with Crippen LogP contribution < -0.4 is 14.8 Å². The molecule has 0 unspecified atom stereocenters. The van der Waals surface area contributed by atoms with Gasteiger partial charge in [0.2, 0.25) is 10.0 Å². The average Bonchev–Trinajstić information content (AvgIpc) is 2.74. The zero-order chi connectivity index (χ0) is 21.3. The first kappa shape index (κ1) is 22.4. The molecule has 0 aromatic heterocycles. The van der Waals surface area contributed by atoms with E-state index in [2.05, 4.69) is 10.0 Å². The molecule has 29 heavy (non-hydrogen) atoms. The van der Waals surface area contributed by atoms with E-state index < -0.39 is 28.5 Å². The largest absolute Gasteiger partial charge is 0.496 e. The number of hydrogen-bond donors (Lipinski definition) is 2. The van der Waals surface area contributed by atoms with Gasteiger partial charge in [-0.25, -0.2) is 17.9 Å². The molecule has 156 valence electrons. The molecule has 0 heterocycles. The number of carbonyl (C=O) groups is 2. The summed E-state index contributed by atoms with van der Waals surface area (Å²) in [4.78, 5) is 24.1. The van der Waals surface area contributed by atoms with Crippen LogP contribution in [0.3, 0.4) is 0 Å². The highest BCUT2D eigenvalue weighted by Gasteiger charge is 2.17. The van der Waals surface area contributed by atoms with Crippen LogP contribution in [0.15, 0.2) is 53.4 Å². The quantitative estimate of drug-likeness (QED) is 0.568. The Labute approximate surface area is 170 Å². The maximum atomic E-state index is 12.2. The van der Waals surface area contributed by atoms with E-state index in [-0.39, 0.29) is 17.0 Å². The van der Waals surface area contributed by atoms with Crippen molar-refractivity contribution in [2.45, 2.75) is 24.8 Å². The second-order valence-electron chi connectivity index (χ2n) is 6.09. The molecular weight excluding hydrogens is 396 g/mol. The maximum absolute atomic E-state index is 12.2. The first-order valence-corrected chi connectivity index (χ1v) is 10.5. The van der Waals surface area contributed by atoms with Crippen molar-refractivity contribution < 1.29 is 27.5 Å². The lowest BCUT2D eigenvalue weighted by atomic mass is 10.2. The maximum Gasteiger partial charge on any atom is 0.338 e. The highest BCUT2D eigenvalue weighted by atomic mass is 32.2. The third kappa shape index (κ3) is 6.58. The van der Waals surface area contributed by atoms with Gasteiger partial charge in [0.25, 0.3) is 5.91 Å². The first-order chi connectivity index (χ1) is 13.9. The number of carbonyl (C=O) groups excluding carboxylic acids is 2. The molecule has 1 amide bonds. The SMILES string of the molecule is CCCNS(=O)(=O)c1cccc(C(=O)OCC(=O)NCc2ccccc2OC)c1. The molecule has 0 saturated heterocycles. The van der Waals surface area contributed by atoms with Crippen molar-refractivity contribution in [1.29, 1.82) is 0 Å². The molecule has 0 spiro atoms. The van der Waals surface area contributed by atoms with E-state index in [1.165, 1.54) is 31.4 Å². The van der Waals surface area contributed by atoms with Crippen molar-refractivity contribution in [3.8, 4) is 5.75 Å². The van der Waals surface area contributed by atoms with Gasteiger partial charge in [-0.2, -0.15) is 0 Å². The topological polar surface area (TPSA) is 111 Å². The fourth-order valence-corrected chi connectivity index (χ4v) is 3.60. The van der Waals surface area contributed by atoms with Gasteiger partial charge in [-0.05, 0) is 30.7 Å². The Morgan fingerprint density at radius 2 is 1.83 bits per heavy atom. The smallest absolute Gasteiger partial charge is 0.338 e. The predicted octanol–water partition coefficient (Wildman–Crippen LogP) is 1.86.